The van der Waals surface area contributed by atoms with E-state index in [1.807, 2.05) is 6.07 Å². The Bertz CT molecular complexity index is 257. The van der Waals surface area contributed by atoms with Gasteiger partial charge in [-0.15, -0.1) is 0 Å². The molecule has 0 amide bonds. The summed E-state index contributed by atoms with van der Waals surface area (Å²) in [6.45, 7) is 1.07. The Labute approximate surface area is 85.5 Å². The van der Waals surface area contributed by atoms with E-state index in [0.717, 1.165) is 29.8 Å². The second-order valence-corrected chi connectivity index (χ2v) is 3.40. The van der Waals surface area contributed by atoms with Gasteiger partial charge in [0.05, 0.1) is 0 Å². The summed E-state index contributed by atoms with van der Waals surface area (Å²) in [5, 5.41) is 11.7. The van der Waals surface area contributed by atoms with Crippen LogP contribution in [0.15, 0.2) is 17.0 Å². The average molecular weight is 246 g/mol. The SMILES string of the molecule is OCCCCNc1cc(Br)ncn1. The molecule has 0 saturated heterocycles. The van der Waals surface area contributed by atoms with Gasteiger partial charge in [-0.2, -0.15) is 0 Å². The fourth-order valence-corrected chi connectivity index (χ4v) is 1.19. The third kappa shape index (κ3) is 4.19. The molecule has 0 aliphatic rings. The fraction of sp³-hybridized carbons (Fsp3) is 0.500. The van der Waals surface area contributed by atoms with Gasteiger partial charge in [0.15, 0.2) is 0 Å². The smallest absolute Gasteiger partial charge is 0.130 e. The molecule has 0 fully saturated rings. The summed E-state index contributed by atoms with van der Waals surface area (Å²) in [4.78, 5) is 7.93. The lowest BCUT2D eigenvalue weighted by Gasteiger charge is -2.03. The van der Waals surface area contributed by atoms with E-state index < -0.39 is 0 Å². The van der Waals surface area contributed by atoms with E-state index in [0.29, 0.717) is 0 Å². The second kappa shape index (κ2) is 5.88. The van der Waals surface area contributed by atoms with Gasteiger partial charge in [0.25, 0.3) is 0 Å². The van der Waals surface area contributed by atoms with Gasteiger partial charge >= 0.3 is 0 Å². The van der Waals surface area contributed by atoms with Crippen molar-refractivity contribution in [3.8, 4) is 0 Å². The van der Waals surface area contributed by atoms with Crippen LogP contribution in [-0.4, -0.2) is 28.2 Å². The van der Waals surface area contributed by atoms with E-state index >= 15 is 0 Å². The zero-order valence-corrected chi connectivity index (χ0v) is 8.79. The number of aliphatic hydroxyl groups is 1. The lowest BCUT2D eigenvalue weighted by molar-refractivity contribution is 0.286. The molecule has 4 nitrogen and oxygen atoms in total. The number of nitrogens with zero attached hydrogens (tertiary/aromatic N) is 2. The van der Waals surface area contributed by atoms with Crippen LogP contribution in [0.25, 0.3) is 0 Å². The van der Waals surface area contributed by atoms with Gasteiger partial charge in [0.2, 0.25) is 0 Å². The Morgan fingerprint density at radius 3 is 2.92 bits per heavy atom. The number of nitrogens with one attached hydrogen (secondary N) is 1. The van der Waals surface area contributed by atoms with E-state index in [1.165, 1.54) is 6.33 Å². The maximum Gasteiger partial charge on any atom is 0.130 e. The first-order valence-electron chi connectivity index (χ1n) is 4.15. The van der Waals surface area contributed by atoms with Crippen molar-refractivity contribution in [2.75, 3.05) is 18.5 Å². The molecule has 72 valence electrons. The third-order valence-electron chi connectivity index (χ3n) is 1.52. The summed E-state index contributed by atoms with van der Waals surface area (Å²) in [7, 11) is 0. The molecule has 1 aromatic rings. The normalized spacial score (nSPS) is 10.0. The molecule has 0 radical (unpaired) electrons. The number of rotatable bonds is 5. The van der Waals surface area contributed by atoms with Gasteiger partial charge in [0.1, 0.15) is 16.7 Å². The van der Waals surface area contributed by atoms with Gasteiger partial charge in [-0.05, 0) is 28.8 Å². The van der Waals surface area contributed by atoms with Gasteiger partial charge in [-0.25, -0.2) is 9.97 Å². The van der Waals surface area contributed by atoms with Crippen LogP contribution in [0.5, 0.6) is 0 Å². The number of hydrogen-bond acceptors (Lipinski definition) is 4. The highest BCUT2D eigenvalue weighted by Gasteiger charge is 1.94. The summed E-state index contributed by atoms with van der Waals surface area (Å²) in [6.07, 6.45) is 3.26. The summed E-state index contributed by atoms with van der Waals surface area (Å²) in [5.74, 6) is 0.805. The zero-order chi connectivity index (χ0) is 9.52. The number of hydrogen-bond donors (Lipinski definition) is 2. The van der Waals surface area contributed by atoms with Crippen molar-refractivity contribution in [3.05, 3.63) is 17.0 Å². The van der Waals surface area contributed by atoms with Gasteiger partial charge < -0.3 is 10.4 Å². The molecule has 0 aromatic carbocycles. The fourth-order valence-electron chi connectivity index (χ4n) is 0.884. The molecule has 0 aliphatic carbocycles. The Balaban J connectivity index is 2.28. The summed E-state index contributed by atoms with van der Waals surface area (Å²) < 4.78 is 0.771. The Hall–Kier alpha value is -0.680. The number of halogens is 1. The predicted octanol–water partition coefficient (Wildman–Crippen LogP) is 1.42. The minimum atomic E-state index is 0.245. The van der Waals surface area contributed by atoms with Crippen LogP contribution in [0, 0.1) is 0 Å². The van der Waals surface area contributed by atoms with Crippen molar-refractivity contribution < 1.29 is 5.11 Å². The first kappa shape index (κ1) is 10.4. The van der Waals surface area contributed by atoms with Crippen LogP contribution in [0.1, 0.15) is 12.8 Å². The molecule has 0 unspecified atom stereocenters. The highest BCUT2D eigenvalue weighted by atomic mass is 79.9. The van der Waals surface area contributed by atoms with Gasteiger partial charge in [-0.1, -0.05) is 0 Å². The Kier molecular flexibility index (Phi) is 4.70. The van der Waals surface area contributed by atoms with Crippen molar-refractivity contribution >= 4 is 21.7 Å². The molecule has 0 saturated carbocycles. The zero-order valence-electron chi connectivity index (χ0n) is 7.20. The van der Waals surface area contributed by atoms with Crippen LogP contribution in [0.3, 0.4) is 0 Å². The van der Waals surface area contributed by atoms with E-state index in [1.54, 1.807) is 0 Å². The van der Waals surface area contributed by atoms with Crippen LogP contribution in [-0.2, 0) is 0 Å². The average Bonchev–Trinajstić information content (AvgIpc) is 2.13. The number of aromatic nitrogens is 2. The number of anilines is 1. The van der Waals surface area contributed by atoms with Crippen LogP contribution >= 0.6 is 15.9 Å². The maximum atomic E-state index is 8.55. The highest BCUT2D eigenvalue weighted by Crippen LogP contribution is 2.09. The number of aliphatic hydroxyl groups excluding tert-OH is 1. The second-order valence-electron chi connectivity index (χ2n) is 2.58. The van der Waals surface area contributed by atoms with Crippen molar-refractivity contribution in [1.82, 2.24) is 9.97 Å². The van der Waals surface area contributed by atoms with Crippen LogP contribution < -0.4 is 5.32 Å². The molecule has 5 heteroatoms. The van der Waals surface area contributed by atoms with Crippen molar-refractivity contribution in [1.29, 1.82) is 0 Å². The molecule has 1 aromatic heterocycles. The Morgan fingerprint density at radius 1 is 1.38 bits per heavy atom. The molecular weight excluding hydrogens is 234 g/mol. The largest absolute Gasteiger partial charge is 0.396 e. The summed E-state index contributed by atoms with van der Waals surface area (Å²) >= 11 is 3.25. The minimum absolute atomic E-state index is 0.245. The lowest BCUT2D eigenvalue weighted by Crippen LogP contribution is -2.04. The standard InChI is InChI=1S/C8H12BrN3O/c9-7-5-8(12-6-11-7)10-3-1-2-4-13/h5-6,13H,1-4H2,(H,10,11,12). The highest BCUT2D eigenvalue weighted by molar-refractivity contribution is 9.10. The van der Waals surface area contributed by atoms with E-state index in [2.05, 4.69) is 31.2 Å². The number of unbranched alkanes of at least 4 members (excludes halogenated alkanes) is 1. The van der Waals surface area contributed by atoms with E-state index in [-0.39, 0.29) is 6.61 Å². The quantitative estimate of drug-likeness (QED) is 0.609. The van der Waals surface area contributed by atoms with E-state index in [9.17, 15) is 0 Å². The molecule has 13 heavy (non-hydrogen) atoms. The predicted molar refractivity (Wildman–Crippen MR) is 54.5 cm³/mol. The summed E-state index contributed by atoms with van der Waals surface area (Å²) in [5.41, 5.74) is 0. The molecule has 0 aliphatic heterocycles. The topological polar surface area (TPSA) is 58.0 Å². The molecule has 0 bridgehead atoms. The third-order valence-corrected chi connectivity index (χ3v) is 1.96. The van der Waals surface area contributed by atoms with Gasteiger partial charge in [-0.3, -0.25) is 0 Å². The van der Waals surface area contributed by atoms with Crippen molar-refractivity contribution in [2.24, 2.45) is 0 Å². The molecule has 0 spiro atoms. The summed E-state index contributed by atoms with van der Waals surface area (Å²) in [6, 6.07) is 1.82. The van der Waals surface area contributed by atoms with Crippen LogP contribution in [0.2, 0.25) is 0 Å². The molecular formula is C8H12BrN3O. The molecule has 0 atom stereocenters. The monoisotopic (exact) mass is 245 g/mol. The van der Waals surface area contributed by atoms with Gasteiger partial charge in [0, 0.05) is 19.2 Å². The van der Waals surface area contributed by atoms with Crippen molar-refractivity contribution in [2.45, 2.75) is 12.8 Å². The van der Waals surface area contributed by atoms with Crippen molar-refractivity contribution in [3.63, 3.8) is 0 Å². The Morgan fingerprint density at radius 2 is 2.23 bits per heavy atom. The van der Waals surface area contributed by atoms with Crippen LogP contribution in [0.4, 0.5) is 5.82 Å². The molecule has 1 rings (SSSR count). The lowest BCUT2D eigenvalue weighted by atomic mass is 10.3. The molecule has 2 N–H and O–H groups in total. The van der Waals surface area contributed by atoms with E-state index in [4.69, 9.17) is 5.11 Å². The molecule has 1 heterocycles. The first-order chi connectivity index (χ1) is 6.33. The minimum Gasteiger partial charge on any atom is -0.396 e. The first-order valence-corrected chi connectivity index (χ1v) is 4.94. The maximum absolute atomic E-state index is 8.55.